The summed E-state index contributed by atoms with van der Waals surface area (Å²) in [5.41, 5.74) is 1.05. The molecule has 0 unspecified atom stereocenters. The third kappa shape index (κ3) is 5.79. The van der Waals surface area contributed by atoms with Crippen LogP contribution < -0.4 is 0 Å². The maximum absolute atomic E-state index is 12.3. The van der Waals surface area contributed by atoms with Crippen LogP contribution >= 0.6 is 0 Å². The minimum Gasteiger partial charge on any atom is -0.459 e. The Labute approximate surface area is 132 Å². The third-order valence-corrected chi connectivity index (χ3v) is 4.78. The van der Waals surface area contributed by atoms with Gasteiger partial charge in [0.2, 0.25) is 0 Å². The molecule has 122 valence electrons. The molecule has 1 saturated carbocycles. The maximum atomic E-state index is 12.3. The van der Waals surface area contributed by atoms with E-state index in [0.717, 1.165) is 25.7 Å². The zero-order chi connectivity index (χ0) is 16.0. The molecule has 2 rings (SSSR count). The first kappa shape index (κ1) is 17.0. The van der Waals surface area contributed by atoms with E-state index in [1.54, 1.807) is 24.3 Å². The van der Waals surface area contributed by atoms with Crippen LogP contribution in [0, 0.1) is 0 Å². The number of rotatable bonds is 4. The summed E-state index contributed by atoms with van der Waals surface area (Å²) in [5, 5.41) is 0. The minimum absolute atomic E-state index is 0.00800. The maximum Gasteiger partial charge on any atom is 0.338 e. The fourth-order valence-corrected chi connectivity index (χ4v) is 3.63. The summed E-state index contributed by atoms with van der Waals surface area (Å²) in [6, 6.07) is 6.71. The summed E-state index contributed by atoms with van der Waals surface area (Å²) < 4.78 is 28.3. The number of carbonyl (C=O) groups excluding carboxylic acids is 1. The van der Waals surface area contributed by atoms with Crippen LogP contribution in [0.4, 0.5) is 0 Å². The second-order valence-corrected chi connectivity index (χ2v) is 8.28. The third-order valence-electron chi connectivity index (χ3n) is 3.92. The normalized spacial score (nSPS) is 17.5. The van der Waals surface area contributed by atoms with Crippen molar-refractivity contribution in [1.29, 1.82) is 0 Å². The first-order chi connectivity index (χ1) is 10.4. The average Bonchev–Trinajstić information content (AvgIpc) is 2.40. The number of esters is 1. The Kier molecular flexibility index (Phi) is 6.00. The second-order valence-electron chi connectivity index (χ2n) is 6.14. The van der Waals surface area contributed by atoms with E-state index >= 15 is 0 Å². The van der Waals surface area contributed by atoms with Gasteiger partial charge in [-0.25, -0.2) is 13.2 Å². The van der Waals surface area contributed by atoms with Crippen molar-refractivity contribution in [2.75, 3.05) is 6.26 Å². The van der Waals surface area contributed by atoms with Crippen LogP contribution in [0.25, 0.3) is 0 Å². The Hall–Kier alpha value is -1.36. The molecule has 0 amide bonds. The molecule has 0 aliphatic heterocycles. The average molecular weight is 324 g/mol. The number of benzene rings is 1. The quantitative estimate of drug-likeness (QED) is 0.795. The molecule has 1 aliphatic carbocycles. The minimum atomic E-state index is -3.11. The van der Waals surface area contributed by atoms with Crippen LogP contribution in [-0.2, 0) is 20.3 Å². The molecular formula is C17H24O4S. The van der Waals surface area contributed by atoms with Gasteiger partial charge in [-0.15, -0.1) is 0 Å². The van der Waals surface area contributed by atoms with Crippen molar-refractivity contribution in [3.8, 4) is 0 Å². The Morgan fingerprint density at radius 1 is 1.14 bits per heavy atom. The van der Waals surface area contributed by atoms with Crippen molar-refractivity contribution in [3.63, 3.8) is 0 Å². The van der Waals surface area contributed by atoms with Crippen LogP contribution in [0.2, 0.25) is 0 Å². The van der Waals surface area contributed by atoms with Crippen LogP contribution in [0.15, 0.2) is 24.3 Å². The van der Waals surface area contributed by atoms with Gasteiger partial charge in [-0.3, -0.25) is 0 Å². The van der Waals surface area contributed by atoms with Gasteiger partial charge in [0, 0.05) is 6.26 Å². The Morgan fingerprint density at radius 3 is 2.41 bits per heavy atom. The monoisotopic (exact) mass is 324 g/mol. The molecule has 1 fully saturated rings. The fraction of sp³-hybridized carbons (Fsp3) is 0.588. The summed E-state index contributed by atoms with van der Waals surface area (Å²) in [7, 11) is -3.11. The first-order valence-electron chi connectivity index (χ1n) is 7.92. The van der Waals surface area contributed by atoms with Gasteiger partial charge < -0.3 is 4.74 Å². The SMILES string of the molecule is CS(=O)(=O)Cc1cccc(C(=O)OC2CCCCCCC2)c1. The lowest BCUT2D eigenvalue weighted by molar-refractivity contribution is 0.0239. The van der Waals surface area contributed by atoms with E-state index in [1.165, 1.54) is 25.5 Å². The van der Waals surface area contributed by atoms with E-state index in [9.17, 15) is 13.2 Å². The summed E-state index contributed by atoms with van der Waals surface area (Å²) in [6.45, 7) is 0. The summed E-state index contributed by atoms with van der Waals surface area (Å²) >= 11 is 0. The smallest absolute Gasteiger partial charge is 0.338 e. The number of sulfone groups is 1. The molecule has 4 nitrogen and oxygen atoms in total. The Balaban J connectivity index is 2.00. The first-order valence-corrected chi connectivity index (χ1v) is 9.98. The van der Waals surface area contributed by atoms with E-state index in [2.05, 4.69) is 0 Å². The highest BCUT2D eigenvalue weighted by Crippen LogP contribution is 2.21. The number of hydrogen-bond acceptors (Lipinski definition) is 4. The summed E-state index contributed by atoms with van der Waals surface area (Å²) in [6.07, 6.45) is 8.92. The van der Waals surface area contributed by atoms with E-state index in [-0.39, 0.29) is 17.8 Å². The highest BCUT2D eigenvalue weighted by atomic mass is 32.2. The second kappa shape index (κ2) is 7.77. The molecular weight excluding hydrogens is 300 g/mol. The molecule has 0 aromatic heterocycles. The summed E-state index contributed by atoms with van der Waals surface area (Å²) in [4.78, 5) is 12.3. The van der Waals surface area contributed by atoms with Crippen molar-refractivity contribution < 1.29 is 17.9 Å². The van der Waals surface area contributed by atoms with E-state index in [1.807, 2.05) is 0 Å². The van der Waals surface area contributed by atoms with Gasteiger partial charge in [0.25, 0.3) is 0 Å². The van der Waals surface area contributed by atoms with Crippen LogP contribution in [0.5, 0.6) is 0 Å². The van der Waals surface area contributed by atoms with Crippen LogP contribution in [0.1, 0.15) is 60.9 Å². The van der Waals surface area contributed by atoms with Crippen LogP contribution in [-0.4, -0.2) is 26.7 Å². The van der Waals surface area contributed by atoms with Gasteiger partial charge in [-0.1, -0.05) is 31.4 Å². The van der Waals surface area contributed by atoms with Gasteiger partial charge in [-0.05, 0) is 43.4 Å². The molecule has 0 bridgehead atoms. The zero-order valence-corrected chi connectivity index (χ0v) is 13.9. The highest BCUT2D eigenvalue weighted by Gasteiger charge is 2.17. The molecule has 0 saturated heterocycles. The molecule has 1 aromatic rings. The molecule has 1 aromatic carbocycles. The highest BCUT2D eigenvalue weighted by molar-refractivity contribution is 7.89. The predicted molar refractivity (Wildman–Crippen MR) is 86.5 cm³/mol. The largest absolute Gasteiger partial charge is 0.459 e. The number of ether oxygens (including phenoxy) is 1. The number of hydrogen-bond donors (Lipinski definition) is 0. The number of carbonyl (C=O) groups is 1. The zero-order valence-electron chi connectivity index (χ0n) is 13.1. The Bertz CT molecular complexity index is 599. The Morgan fingerprint density at radius 2 is 1.77 bits per heavy atom. The van der Waals surface area contributed by atoms with Gasteiger partial charge in [0.15, 0.2) is 9.84 Å². The van der Waals surface area contributed by atoms with E-state index < -0.39 is 9.84 Å². The molecule has 0 atom stereocenters. The lowest BCUT2D eigenvalue weighted by Crippen LogP contribution is -2.19. The molecule has 0 heterocycles. The van der Waals surface area contributed by atoms with Gasteiger partial charge in [-0.2, -0.15) is 0 Å². The fourth-order valence-electron chi connectivity index (χ4n) is 2.85. The van der Waals surface area contributed by atoms with Crippen molar-refractivity contribution in [3.05, 3.63) is 35.4 Å². The lowest BCUT2D eigenvalue weighted by atomic mass is 9.98. The lowest BCUT2D eigenvalue weighted by Gasteiger charge is -2.20. The van der Waals surface area contributed by atoms with Gasteiger partial charge >= 0.3 is 5.97 Å². The van der Waals surface area contributed by atoms with E-state index in [4.69, 9.17) is 4.74 Å². The van der Waals surface area contributed by atoms with E-state index in [0.29, 0.717) is 11.1 Å². The molecule has 1 aliphatic rings. The van der Waals surface area contributed by atoms with Gasteiger partial charge in [0.1, 0.15) is 6.10 Å². The van der Waals surface area contributed by atoms with Crippen molar-refractivity contribution >= 4 is 15.8 Å². The summed E-state index contributed by atoms with van der Waals surface area (Å²) in [5.74, 6) is -0.404. The molecule has 5 heteroatoms. The van der Waals surface area contributed by atoms with Crippen LogP contribution in [0.3, 0.4) is 0 Å². The molecule has 0 radical (unpaired) electrons. The molecule has 22 heavy (non-hydrogen) atoms. The standard InChI is InChI=1S/C17H24O4S/c1-22(19,20)13-14-8-7-9-15(12-14)17(18)21-16-10-5-3-2-4-6-11-16/h7-9,12,16H,2-6,10-11,13H2,1H3. The van der Waals surface area contributed by atoms with Crippen molar-refractivity contribution in [1.82, 2.24) is 0 Å². The predicted octanol–water partition coefficient (Wildman–Crippen LogP) is 3.50. The van der Waals surface area contributed by atoms with Crippen molar-refractivity contribution in [2.24, 2.45) is 0 Å². The molecule has 0 N–H and O–H groups in total. The topological polar surface area (TPSA) is 60.4 Å². The van der Waals surface area contributed by atoms with Gasteiger partial charge in [0.05, 0.1) is 11.3 Å². The molecule has 0 spiro atoms. The van der Waals surface area contributed by atoms with Crippen molar-refractivity contribution in [2.45, 2.75) is 56.8 Å².